The van der Waals surface area contributed by atoms with Crippen LogP contribution in [-0.4, -0.2) is 31.8 Å². The molecular weight excluding hydrogens is 194 g/mol. The van der Waals surface area contributed by atoms with Crippen molar-refractivity contribution in [3.63, 3.8) is 0 Å². The van der Waals surface area contributed by atoms with E-state index >= 15 is 0 Å². The van der Waals surface area contributed by atoms with Crippen LogP contribution in [0.3, 0.4) is 0 Å². The summed E-state index contributed by atoms with van der Waals surface area (Å²) in [5.74, 6) is -0.153. The molecule has 0 heterocycles. The predicted octanol–water partition coefficient (Wildman–Crippen LogP) is -3.27. The van der Waals surface area contributed by atoms with Crippen molar-refractivity contribution in [1.82, 2.24) is 0 Å². The normalized spacial score (nSPS) is 8.20. The van der Waals surface area contributed by atoms with Crippen molar-refractivity contribution in [2.45, 2.75) is 0 Å². The molecule has 0 aliphatic heterocycles. The summed E-state index contributed by atoms with van der Waals surface area (Å²) in [6.45, 7) is 0. The Bertz CT molecular complexity index is 236. The summed E-state index contributed by atoms with van der Waals surface area (Å²) in [4.78, 5) is 0. The Kier molecular flexibility index (Phi) is 11.1. The van der Waals surface area contributed by atoms with Crippen molar-refractivity contribution in [1.29, 1.82) is 0 Å². The maximum atomic E-state index is 9.82. The molecule has 0 amide bonds. The fourth-order valence-corrected chi connectivity index (χ4v) is 0.560. The molecule has 1 rings (SSSR count). The van der Waals surface area contributed by atoms with E-state index in [4.69, 9.17) is 10.2 Å². The van der Waals surface area contributed by atoms with E-state index in [9.17, 15) is 5.02 Å². The van der Waals surface area contributed by atoms with Crippen LogP contribution < -0.4 is 23.9 Å². The molecule has 0 aliphatic rings. The molecule has 1 aromatic rings. The molecular formula is C8H12BLiO5. The van der Waals surface area contributed by atoms with Gasteiger partial charge in [0.25, 0.3) is 0 Å². The van der Waals surface area contributed by atoms with Gasteiger partial charge < -0.3 is 24.5 Å². The van der Waals surface area contributed by atoms with Gasteiger partial charge in [-0.05, 0) is 12.1 Å². The maximum Gasteiger partial charge on any atom is 1.00 e. The van der Waals surface area contributed by atoms with Gasteiger partial charge in [0.1, 0.15) is 0 Å². The SMILES string of the molecule is COB([O-])OC.Oc1ccccc1O.[Li+]. The minimum Gasteiger partial charge on any atom is -0.832 e. The third-order valence-electron chi connectivity index (χ3n) is 1.27. The number of benzene rings is 1. The molecule has 0 radical (unpaired) electrons. The number of phenols is 2. The molecule has 0 unspecified atom stereocenters. The molecule has 0 bridgehead atoms. The zero-order chi connectivity index (χ0) is 11.0. The van der Waals surface area contributed by atoms with E-state index in [1.54, 1.807) is 12.1 Å². The number of rotatable bonds is 2. The van der Waals surface area contributed by atoms with Crippen molar-refractivity contribution in [3.8, 4) is 11.5 Å². The Labute approximate surface area is 101 Å². The summed E-state index contributed by atoms with van der Waals surface area (Å²) in [6.07, 6.45) is 0. The standard InChI is InChI=1S/C6H6O2.C2H6BO3.Li/c7-5-3-1-2-4-6(5)8;1-5-3(4)6-2;/h1-4,7-8H;1-2H3;/q;-1;+1. The minimum atomic E-state index is -1.31. The molecule has 2 N–H and O–H groups in total. The zero-order valence-electron chi connectivity index (χ0n) is 9.01. The number of para-hydroxylation sites is 2. The summed E-state index contributed by atoms with van der Waals surface area (Å²) >= 11 is 0. The van der Waals surface area contributed by atoms with Crippen LogP contribution in [0.2, 0.25) is 0 Å². The van der Waals surface area contributed by atoms with Crippen LogP contribution >= 0.6 is 0 Å². The van der Waals surface area contributed by atoms with Crippen LogP contribution in [0.4, 0.5) is 0 Å². The maximum absolute atomic E-state index is 9.82. The first-order chi connectivity index (χ1) is 6.61. The van der Waals surface area contributed by atoms with Crippen LogP contribution in [0.25, 0.3) is 0 Å². The second-order valence-corrected chi connectivity index (χ2v) is 2.25. The second-order valence-electron chi connectivity index (χ2n) is 2.25. The topological polar surface area (TPSA) is 82.0 Å². The Balaban J connectivity index is 0. The fourth-order valence-electron chi connectivity index (χ4n) is 0.560. The second kappa shape index (κ2) is 9.90. The molecule has 1 aromatic carbocycles. The molecule has 0 aromatic heterocycles. The van der Waals surface area contributed by atoms with Gasteiger partial charge in [-0.1, -0.05) is 12.1 Å². The van der Waals surface area contributed by atoms with Crippen molar-refractivity contribution in [3.05, 3.63) is 24.3 Å². The van der Waals surface area contributed by atoms with E-state index < -0.39 is 7.32 Å². The quantitative estimate of drug-likeness (QED) is 0.391. The Hall–Kier alpha value is -0.638. The largest absolute Gasteiger partial charge is 1.00 e. The first-order valence-corrected chi connectivity index (χ1v) is 3.80. The third kappa shape index (κ3) is 8.36. The van der Waals surface area contributed by atoms with Crippen molar-refractivity contribution >= 4 is 7.32 Å². The first kappa shape index (κ1) is 16.8. The van der Waals surface area contributed by atoms with Gasteiger partial charge in [-0.15, -0.1) is 0 Å². The van der Waals surface area contributed by atoms with E-state index in [1.807, 2.05) is 0 Å². The Morgan fingerprint density at radius 2 is 1.40 bits per heavy atom. The van der Waals surface area contributed by atoms with E-state index in [1.165, 1.54) is 26.4 Å². The molecule has 5 nitrogen and oxygen atoms in total. The minimum absolute atomic E-state index is 0. The summed E-state index contributed by atoms with van der Waals surface area (Å²) in [6, 6.07) is 6.15. The predicted molar refractivity (Wildman–Crippen MR) is 49.5 cm³/mol. The molecule has 7 heteroatoms. The molecule has 0 atom stereocenters. The smallest absolute Gasteiger partial charge is 0.832 e. The number of hydrogen-bond donors (Lipinski definition) is 2. The van der Waals surface area contributed by atoms with Gasteiger partial charge >= 0.3 is 26.2 Å². The molecule has 0 fully saturated rings. The third-order valence-corrected chi connectivity index (χ3v) is 1.27. The molecule has 0 spiro atoms. The number of phenolic OH excluding ortho intramolecular Hbond substituents is 2. The van der Waals surface area contributed by atoms with E-state index in [0.717, 1.165) is 0 Å². The van der Waals surface area contributed by atoms with Crippen LogP contribution in [0.15, 0.2) is 24.3 Å². The van der Waals surface area contributed by atoms with E-state index in [-0.39, 0.29) is 30.4 Å². The van der Waals surface area contributed by atoms with Crippen LogP contribution in [0.5, 0.6) is 11.5 Å². The van der Waals surface area contributed by atoms with Crippen LogP contribution in [-0.2, 0) is 9.31 Å². The van der Waals surface area contributed by atoms with E-state index in [2.05, 4.69) is 9.31 Å². The zero-order valence-corrected chi connectivity index (χ0v) is 9.01. The van der Waals surface area contributed by atoms with Crippen LogP contribution in [0.1, 0.15) is 0 Å². The van der Waals surface area contributed by atoms with Gasteiger partial charge in [-0.2, -0.15) is 0 Å². The Morgan fingerprint density at radius 3 is 1.53 bits per heavy atom. The van der Waals surface area contributed by atoms with Gasteiger partial charge in [0.15, 0.2) is 11.5 Å². The van der Waals surface area contributed by atoms with Crippen LogP contribution in [0, 0.1) is 0 Å². The van der Waals surface area contributed by atoms with Gasteiger partial charge in [0.05, 0.1) is 0 Å². The number of hydrogen-bond acceptors (Lipinski definition) is 5. The molecule has 0 aliphatic carbocycles. The fraction of sp³-hybridized carbons (Fsp3) is 0.250. The molecule has 0 saturated heterocycles. The van der Waals surface area contributed by atoms with E-state index in [0.29, 0.717) is 0 Å². The molecule has 0 saturated carbocycles. The Morgan fingerprint density at radius 1 is 1.07 bits per heavy atom. The van der Waals surface area contributed by atoms with Gasteiger partial charge in [0, 0.05) is 14.2 Å². The van der Waals surface area contributed by atoms with Crippen molar-refractivity contribution in [2.24, 2.45) is 0 Å². The first-order valence-electron chi connectivity index (χ1n) is 3.80. The molecule has 78 valence electrons. The summed E-state index contributed by atoms with van der Waals surface area (Å²) in [5.41, 5.74) is 0. The summed E-state index contributed by atoms with van der Waals surface area (Å²) in [5, 5.41) is 27.2. The van der Waals surface area contributed by atoms with Crippen molar-refractivity contribution in [2.75, 3.05) is 14.2 Å². The average molecular weight is 206 g/mol. The summed E-state index contributed by atoms with van der Waals surface area (Å²) in [7, 11) is 1.27. The van der Waals surface area contributed by atoms with Crippen molar-refractivity contribution < 1.29 is 43.4 Å². The monoisotopic (exact) mass is 206 g/mol. The van der Waals surface area contributed by atoms with Gasteiger partial charge in [0.2, 0.25) is 0 Å². The molecule has 15 heavy (non-hydrogen) atoms. The average Bonchev–Trinajstić information content (AvgIpc) is 2.22. The summed E-state index contributed by atoms with van der Waals surface area (Å²) < 4.78 is 8.24. The number of aromatic hydroxyl groups is 2. The van der Waals surface area contributed by atoms with Gasteiger partial charge in [-0.25, -0.2) is 0 Å². The van der Waals surface area contributed by atoms with Gasteiger partial charge in [-0.3, -0.25) is 0 Å².